The SMILES string of the molecule is Nc1nccnc1C(=O)NCCF. The van der Waals surface area contributed by atoms with Gasteiger partial charge in [0.25, 0.3) is 5.91 Å². The number of amides is 1. The molecule has 0 aromatic carbocycles. The zero-order valence-corrected chi connectivity index (χ0v) is 6.83. The molecule has 0 atom stereocenters. The Balaban J connectivity index is 2.71. The van der Waals surface area contributed by atoms with E-state index in [1.54, 1.807) is 0 Å². The summed E-state index contributed by atoms with van der Waals surface area (Å²) in [4.78, 5) is 18.5. The van der Waals surface area contributed by atoms with Crippen molar-refractivity contribution in [3.05, 3.63) is 18.1 Å². The Morgan fingerprint density at radius 1 is 1.54 bits per heavy atom. The second kappa shape index (κ2) is 4.34. The van der Waals surface area contributed by atoms with Crippen LogP contribution in [0.15, 0.2) is 12.4 Å². The molecule has 0 radical (unpaired) electrons. The Bertz CT molecular complexity index is 304. The van der Waals surface area contributed by atoms with Gasteiger partial charge in [0, 0.05) is 18.9 Å². The predicted molar refractivity (Wildman–Crippen MR) is 44.8 cm³/mol. The van der Waals surface area contributed by atoms with Crippen molar-refractivity contribution < 1.29 is 9.18 Å². The topological polar surface area (TPSA) is 80.9 Å². The van der Waals surface area contributed by atoms with Crippen LogP contribution in [0, 0.1) is 0 Å². The maximum Gasteiger partial charge on any atom is 0.273 e. The summed E-state index contributed by atoms with van der Waals surface area (Å²) in [5.74, 6) is -0.470. The number of alkyl halides is 1. The van der Waals surface area contributed by atoms with Crippen LogP contribution in [0.1, 0.15) is 10.5 Å². The molecular formula is C7H9FN4O. The van der Waals surface area contributed by atoms with E-state index in [9.17, 15) is 9.18 Å². The summed E-state index contributed by atoms with van der Waals surface area (Å²) in [6.45, 7) is -0.666. The van der Waals surface area contributed by atoms with Crippen LogP contribution in [0.2, 0.25) is 0 Å². The van der Waals surface area contributed by atoms with E-state index < -0.39 is 12.6 Å². The molecule has 13 heavy (non-hydrogen) atoms. The lowest BCUT2D eigenvalue weighted by Crippen LogP contribution is -2.27. The van der Waals surface area contributed by atoms with Gasteiger partial charge in [0.15, 0.2) is 11.5 Å². The number of halogens is 1. The molecule has 0 aliphatic carbocycles. The number of nitrogen functional groups attached to an aromatic ring is 1. The molecule has 1 amide bonds. The zero-order valence-electron chi connectivity index (χ0n) is 6.83. The average Bonchev–Trinajstić information content (AvgIpc) is 2.15. The van der Waals surface area contributed by atoms with Crippen LogP contribution in [-0.4, -0.2) is 29.1 Å². The summed E-state index contributed by atoms with van der Waals surface area (Å²) >= 11 is 0. The lowest BCUT2D eigenvalue weighted by Gasteiger charge is -2.02. The van der Waals surface area contributed by atoms with E-state index in [0.717, 1.165) is 0 Å². The highest BCUT2D eigenvalue weighted by Crippen LogP contribution is 2.01. The molecule has 0 fully saturated rings. The summed E-state index contributed by atoms with van der Waals surface area (Å²) in [7, 11) is 0. The fourth-order valence-corrected chi connectivity index (χ4v) is 0.768. The Morgan fingerprint density at radius 3 is 2.85 bits per heavy atom. The van der Waals surface area contributed by atoms with Gasteiger partial charge < -0.3 is 11.1 Å². The van der Waals surface area contributed by atoms with Crippen LogP contribution in [0.25, 0.3) is 0 Å². The van der Waals surface area contributed by atoms with Crippen molar-refractivity contribution in [3.8, 4) is 0 Å². The molecule has 0 saturated heterocycles. The maximum atomic E-state index is 11.7. The molecule has 3 N–H and O–H groups in total. The third-order valence-corrected chi connectivity index (χ3v) is 1.32. The Hall–Kier alpha value is -1.72. The molecule has 0 aliphatic rings. The summed E-state index contributed by atoms with van der Waals surface area (Å²) in [6.07, 6.45) is 2.72. The number of aromatic nitrogens is 2. The molecule has 1 aromatic heterocycles. The van der Waals surface area contributed by atoms with Crippen LogP contribution >= 0.6 is 0 Å². The molecule has 0 unspecified atom stereocenters. The van der Waals surface area contributed by atoms with Crippen molar-refractivity contribution in [2.45, 2.75) is 0 Å². The van der Waals surface area contributed by atoms with E-state index in [-0.39, 0.29) is 18.1 Å². The standard InChI is InChI=1S/C7H9FN4O/c8-1-2-12-7(13)5-6(9)11-4-3-10-5/h3-4H,1-2H2,(H2,9,11)(H,12,13). The fourth-order valence-electron chi connectivity index (χ4n) is 0.768. The first-order valence-corrected chi connectivity index (χ1v) is 3.66. The average molecular weight is 184 g/mol. The predicted octanol–water partition coefficient (Wildman–Crippen LogP) is -0.242. The first kappa shape index (κ1) is 9.37. The summed E-state index contributed by atoms with van der Waals surface area (Å²) in [6, 6.07) is 0. The second-order valence-electron chi connectivity index (χ2n) is 2.24. The van der Waals surface area contributed by atoms with Crippen molar-refractivity contribution in [2.75, 3.05) is 19.0 Å². The Kier molecular flexibility index (Phi) is 3.13. The normalized spacial score (nSPS) is 9.62. The van der Waals surface area contributed by atoms with Gasteiger partial charge in [-0.3, -0.25) is 4.79 Å². The molecule has 1 heterocycles. The fraction of sp³-hybridized carbons (Fsp3) is 0.286. The molecule has 1 aromatic rings. The van der Waals surface area contributed by atoms with Crippen LogP contribution in [0.3, 0.4) is 0 Å². The van der Waals surface area contributed by atoms with Gasteiger partial charge in [-0.2, -0.15) is 0 Å². The third-order valence-electron chi connectivity index (χ3n) is 1.32. The monoisotopic (exact) mass is 184 g/mol. The van der Waals surface area contributed by atoms with Gasteiger partial charge in [0.2, 0.25) is 0 Å². The number of nitrogens with zero attached hydrogens (tertiary/aromatic N) is 2. The van der Waals surface area contributed by atoms with Gasteiger partial charge >= 0.3 is 0 Å². The maximum absolute atomic E-state index is 11.7. The minimum Gasteiger partial charge on any atom is -0.382 e. The van der Waals surface area contributed by atoms with Crippen molar-refractivity contribution in [3.63, 3.8) is 0 Å². The second-order valence-corrected chi connectivity index (χ2v) is 2.24. The molecule has 0 bridgehead atoms. The number of hydrogen-bond donors (Lipinski definition) is 2. The van der Waals surface area contributed by atoms with Crippen LogP contribution < -0.4 is 11.1 Å². The number of nitrogens with two attached hydrogens (primary N) is 1. The van der Waals surface area contributed by atoms with Crippen molar-refractivity contribution in [1.82, 2.24) is 15.3 Å². The van der Waals surface area contributed by atoms with E-state index in [1.807, 2.05) is 0 Å². The van der Waals surface area contributed by atoms with Crippen LogP contribution in [-0.2, 0) is 0 Å². The van der Waals surface area contributed by atoms with Crippen LogP contribution in [0.5, 0.6) is 0 Å². The third kappa shape index (κ3) is 2.36. The molecule has 5 nitrogen and oxygen atoms in total. The van der Waals surface area contributed by atoms with Gasteiger partial charge in [-0.25, -0.2) is 14.4 Å². The lowest BCUT2D eigenvalue weighted by atomic mass is 10.4. The summed E-state index contributed by atoms with van der Waals surface area (Å²) < 4.78 is 11.7. The highest BCUT2D eigenvalue weighted by atomic mass is 19.1. The van der Waals surface area contributed by atoms with Crippen molar-refractivity contribution in [2.24, 2.45) is 0 Å². The first-order chi connectivity index (χ1) is 6.25. The molecule has 1 rings (SSSR count). The summed E-state index contributed by atoms with van der Waals surface area (Å²) in [5.41, 5.74) is 5.39. The number of carbonyl (C=O) groups is 1. The van der Waals surface area contributed by atoms with E-state index >= 15 is 0 Å². The lowest BCUT2D eigenvalue weighted by molar-refractivity contribution is 0.0946. The minimum absolute atomic E-state index is 0.0240. The van der Waals surface area contributed by atoms with Gasteiger partial charge in [-0.05, 0) is 0 Å². The van der Waals surface area contributed by atoms with Crippen LogP contribution in [0.4, 0.5) is 10.2 Å². The molecule has 70 valence electrons. The van der Waals surface area contributed by atoms with Gasteiger partial charge in [0.1, 0.15) is 6.67 Å². The Morgan fingerprint density at radius 2 is 2.23 bits per heavy atom. The smallest absolute Gasteiger partial charge is 0.273 e. The molecular weight excluding hydrogens is 175 g/mol. The number of carbonyl (C=O) groups excluding carboxylic acids is 1. The number of anilines is 1. The van der Waals surface area contributed by atoms with Gasteiger partial charge in [-0.1, -0.05) is 0 Å². The van der Waals surface area contributed by atoms with Gasteiger partial charge in [0.05, 0.1) is 0 Å². The first-order valence-electron chi connectivity index (χ1n) is 3.66. The quantitative estimate of drug-likeness (QED) is 0.679. The highest BCUT2D eigenvalue weighted by molar-refractivity contribution is 5.96. The molecule has 0 spiro atoms. The van der Waals surface area contributed by atoms with E-state index in [4.69, 9.17) is 5.73 Å². The number of hydrogen-bond acceptors (Lipinski definition) is 4. The number of nitrogens with one attached hydrogen (secondary N) is 1. The Labute approximate surface area is 74.2 Å². The van der Waals surface area contributed by atoms with Crippen molar-refractivity contribution in [1.29, 1.82) is 0 Å². The molecule has 0 aliphatic heterocycles. The number of rotatable bonds is 3. The minimum atomic E-state index is -0.619. The molecule has 6 heteroatoms. The zero-order chi connectivity index (χ0) is 9.68. The van der Waals surface area contributed by atoms with E-state index in [2.05, 4.69) is 15.3 Å². The highest BCUT2D eigenvalue weighted by Gasteiger charge is 2.10. The van der Waals surface area contributed by atoms with E-state index in [1.165, 1.54) is 12.4 Å². The largest absolute Gasteiger partial charge is 0.382 e. The summed E-state index contributed by atoms with van der Waals surface area (Å²) in [5, 5.41) is 2.29. The van der Waals surface area contributed by atoms with E-state index in [0.29, 0.717) is 0 Å². The van der Waals surface area contributed by atoms with Crippen molar-refractivity contribution >= 4 is 11.7 Å². The molecule has 0 saturated carbocycles. The van der Waals surface area contributed by atoms with Gasteiger partial charge in [-0.15, -0.1) is 0 Å².